The Morgan fingerprint density at radius 3 is 2.53 bits per heavy atom. The minimum atomic E-state index is -0.298. The van der Waals surface area contributed by atoms with Gasteiger partial charge in [-0.1, -0.05) is 31.5 Å². The summed E-state index contributed by atoms with van der Waals surface area (Å²) in [6.07, 6.45) is 1.76. The van der Waals surface area contributed by atoms with Crippen molar-refractivity contribution < 1.29 is 4.39 Å². The van der Waals surface area contributed by atoms with Crippen LogP contribution < -0.4 is 0 Å². The van der Waals surface area contributed by atoms with Crippen LogP contribution in [0.25, 0.3) is 0 Å². The van der Waals surface area contributed by atoms with Gasteiger partial charge in [-0.25, -0.2) is 4.39 Å². The highest BCUT2D eigenvalue weighted by Gasteiger charge is 2.22. The molecule has 0 aliphatic carbocycles. The van der Waals surface area contributed by atoms with Crippen LogP contribution in [0.1, 0.15) is 25.8 Å². The summed E-state index contributed by atoms with van der Waals surface area (Å²) in [6.45, 7) is 4.21. The molecule has 0 aromatic heterocycles. The Morgan fingerprint density at radius 2 is 2.07 bits per heavy atom. The maximum absolute atomic E-state index is 12.8. The summed E-state index contributed by atoms with van der Waals surface area (Å²) in [5, 5.41) is 0.486. The molecule has 0 amide bonds. The normalized spacial score (nSPS) is 15.0. The first-order chi connectivity index (χ1) is 7.00. The van der Waals surface area contributed by atoms with Gasteiger partial charge in [0.25, 0.3) is 0 Å². The van der Waals surface area contributed by atoms with Gasteiger partial charge in [0.15, 0.2) is 0 Å². The Kier molecular flexibility index (Phi) is 4.42. The van der Waals surface area contributed by atoms with Crippen LogP contribution >= 0.6 is 23.2 Å². The Labute approximate surface area is 100 Å². The van der Waals surface area contributed by atoms with Crippen LogP contribution in [-0.4, -0.2) is 5.88 Å². The molecule has 0 spiro atoms. The fourth-order valence-electron chi connectivity index (χ4n) is 1.39. The molecule has 84 valence electrons. The number of hydrogen-bond donors (Lipinski definition) is 0. The van der Waals surface area contributed by atoms with Crippen LogP contribution in [0.3, 0.4) is 0 Å². The quantitative estimate of drug-likeness (QED) is 0.680. The molecule has 0 saturated heterocycles. The molecule has 0 nitrogen and oxygen atoms in total. The van der Waals surface area contributed by atoms with Crippen LogP contribution in [-0.2, 0) is 6.42 Å². The standard InChI is InChI=1S/C12H15Cl2F/c1-3-12(2,8-13)7-9-4-5-10(15)6-11(9)14/h4-6H,3,7-8H2,1-2H3. The maximum atomic E-state index is 12.8. The van der Waals surface area contributed by atoms with Gasteiger partial charge in [0.2, 0.25) is 0 Å². The fraction of sp³-hybridized carbons (Fsp3) is 0.500. The molecule has 1 rings (SSSR count). The van der Waals surface area contributed by atoms with Gasteiger partial charge in [0.1, 0.15) is 5.82 Å². The van der Waals surface area contributed by atoms with E-state index in [1.165, 1.54) is 12.1 Å². The average molecular weight is 249 g/mol. The molecule has 1 unspecified atom stereocenters. The zero-order valence-electron chi connectivity index (χ0n) is 8.99. The smallest absolute Gasteiger partial charge is 0.124 e. The summed E-state index contributed by atoms with van der Waals surface area (Å²) in [5.41, 5.74) is 0.992. The Bertz CT molecular complexity index is 332. The first kappa shape index (κ1) is 12.8. The van der Waals surface area contributed by atoms with Crippen molar-refractivity contribution in [1.29, 1.82) is 0 Å². The van der Waals surface area contributed by atoms with Gasteiger partial charge in [0, 0.05) is 10.9 Å². The van der Waals surface area contributed by atoms with Gasteiger partial charge >= 0.3 is 0 Å². The van der Waals surface area contributed by atoms with Gasteiger partial charge < -0.3 is 0 Å². The highest BCUT2D eigenvalue weighted by molar-refractivity contribution is 6.31. The Hall–Kier alpha value is -0.270. The topological polar surface area (TPSA) is 0 Å². The monoisotopic (exact) mass is 248 g/mol. The van der Waals surface area contributed by atoms with Gasteiger partial charge in [-0.3, -0.25) is 0 Å². The fourth-order valence-corrected chi connectivity index (χ4v) is 1.91. The zero-order valence-corrected chi connectivity index (χ0v) is 10.5. The number of alkyl halides is 1. The molecule has 0 bridgehead atoms. The molecule has 0 fully saturated rings. The molecule has 0 N–H and O–H groups in total. The number of halogens is 3. The van der Waals surface area contributed by atoms with Gasteiger partial charge in [-0.2, -0.15) is 0 Å². The molecule has 0 aliphatic rings. The second kappa shape index (κ2) is 5.18. The van der Waals surface area contributed by atoms with Gasteiger partial charge in [0.05, 0.1) is 0 Å². The van der Waals surface area contributed by atoms with Crippen molar-refractivity contribution in [3.8, 4) is 0 Å². The van der Waals surface area contributed by atoms with E-state index < -0.39 is 0 Å². The summed E-state index contributed by atoms with van der Waals surface area (Å²) >= 11 is 11.9. The third kappa shape index (κ3) is 3.35. The van der Waals surface area contributed by atoms with Crippen molar-refractivity contribution in [1.82, 2.24) is 0 Å². The van der Waals surface area contributed by atoms with E-state index in [1.807, 2.05) is 0 Å². The second-order valence-electron chi connectivity index (χ2n) is 4.21. The van der Waals surface area contributed by atoms with Crippen molar-refractivity contribution in [3.63, 3.8) is 0 Å². The lowest BCUT2D eigenvalue weighted by molar-refractivity contribution is 0.355. The average Bonchev–Trinajstić information content (AvgIpc) is 2.22. The van der Waals surface area contributed by atoms with Crippen molar-refractivity contribution in [3.05, 3.63) is 34.6 Å². The lowest BCUT2D eigenvalue weighted by Crippen LogP contribution is -2.20. The summed E-state index contributed by atoms with van der Waals surface area (Å²) in [7, 11) is 0. The molecule has 15 heavy (non-hydrogen) atoms. The van der Waals surface area contributed by atoms with Crippen LogP contribution in [0.15, 0.2) is 18.2 Å². The van der Waals surface area contributed by atoms with E-state index in [2.05, 4.69) is 13.8 Å². The first-order valence-corrected chi connectivity index (χ1v) is 5.92. The van der Waals surface area contributed by atoms with Crippen LogP contribution in [0.5, 0.6) is 0 Å². The van der Waals surface area contributed by atoms with Gasteiger partial charge in [-0.05, 0) is 36.0 Å². The number of hydrogen-bond acceptors (Lipinski definition) is 0. The Morgan fingerprint density at radius 1 is 1.40 bits per heavy atom. The first-order valence-electron chi connectivity index (χ1n) is 5.00. The van der Waals surface area contributed by atoms with E-state index in [0.717, 1.165) is 18.4 Å². The van der Waals surface area contributed by atoms with Crippen LogP contribution in [0, 0.1) is 11.2 Å². The summed E-state index contributed by atoms with van der Waals surface area (Å²) < 4.78 is 12.8. The van der Waals surface area contributed by atoms with Crippen molar-refractivity contribution in [2.24, 2.45) is 5.41 Å². The molecule has 1 atom stereocenters. The minimum Gasteiger partial charge on any atom is -0.207 e. The molecule has 0 saturated carbocycles. The number of benzene rings is 1. The molecule has 0 heterocycles. The van der Waals surface area contributed by atoms with Crippen molar-refractivity contribution >= 4 is 23.2 Å². The van der Waals surface area contributed by atoms with E-state index in [0.29, 0.717) is 10.9 Å². The van der Waals surface area contributed by atoms with E-state index in [1.54, 1.807) is 6.07 Å². The van der Waals surface area contributed by atoms with Crippen LogP contribution in [0.2, 0.25) is 5.02 Å². The molecule has 3 heteroatoms. The Balaban J connectivity index is 2.89. The lowest BCUT2D eigenvalue weighted by Gasteiger charge is -2.25. The third-order valence-electron chi connectivity index (χ3n) is 2.81. The highest BCUT2D eigenvalue weighted by atomic mass is 35.5. The van der Waals surface area contributed by atoms with E-state index >= 15 is 0 Å². The minimum absolute atomic E-state index is 0.0308. The largest absolute Gasteiger partial charge is 0.207 e. The SMILES string of the molecule is CCC(C)(CCl)Cc1ccc(F)cc1Cl. The van der Waals surface area contributed by atoms with E-state index in [9.17, 15) is 4.39 Å². The summed E-state index contributed by atoms with van der Waals surface area (Å²) in [6, 6.07) is 4.52. The molecular formula is C12H15Cl2F. The zero-order chi connectivity index (χ0) is 11.5. The maximum Gasteiger partial charge on any atom is 0.124 e. The predicted molar refractivity (Wildman–Crippen MR) is 64.2 cm³/mol. The lowest BCUT2D eigenvalue weighted by atomic mass is 9.83. The van der Waals surface area contributed by atoms with Crippen molar-refractivity contribution in [2.75, 3.05) is 5.88 Å². The van der Waals surface area contributed by atoms with Crippen molar-refractivity contribution in [2.45, 2.75) is 26.7 Å². The number of rotatable bonds is 4. The van der Waals surface area contributed by atoms with E-state index in [-0.39, 0.29) is 11.2 Å². The summed E-state index contributed by atoms with van der Waals surface area (Å²) in [4.78, 5) is 0. The third-order valence-corrected chi connectivity index (χ3v) is 3.81. The molecule has 0 radical (unpaired) electrons. The molecule has 1 aromatic carbocycles. The summed E-state index contributed by atoms with van der Waals surface area (Å²) in [5.74, 6) is 0.282. The predicted octanol–water partition coefficient (Wildman–Crippen LogP) is 4.68. The van der Waals surface area contributed by atoms with Crippen LogP contribution in [0.4, 0.5) is 4.39 Å². The molecule has 0 aliphatic heterocycles. The molecular weight excluding hydrogens is 234 g/mol. The van der Waals surface area contributed by atoms with Gasteiger partial charge in [-0.15, -0.1) is 11.6 Å². The highest BCUT2D eigenvalue weighted by Crippen LogP contribution is 2.31. The molecule has 1 aromatic rings. The second-order valence-corrected chi connectivity index (χ2v) is 4.88. The van der Waals surface area contributed by atoms with E-state index in [4.69, 9.17) is 23.2 Å².